The minimum absolute atomic E-state index is 0.0531. The number of methoxy groups -OCH3 is 1. The van der Waals surface area contributed by atoms with Crippen LogP contribution in [-0.2, 0) is 21.6 Å². The van der Waals surface area contributed by atoms with E-state index in [0.29, 0.717) is 68.4 Å². The summed E-state index contributed by atoms with van der Waals surface area (Å²) in [7, 11) is 3.71. The van der Waals surface area contributed by atoms with Gasteiger partial charge in [0.05, 0.1) is 40.1 Å². The number of phenols is 1. The number of hydrogen-bond acceptors (Lipinski definition) is 12. The Bertz CT molecular complexity index is 2010. The molecule has 0 bridgehead atoms. The van der Waals surface area contributed by atoms with E-state index in [0.717, 1.165) is 44.2 Å². The second-order valence-electron chi connectivity index (χ2n) is 13.5. The molecule has 1 aliphatic carbocycles. The van der Waals surface area contributed by atoms with Gasteiger partial charge < -0.3 is 44.7 Å². The number of nitrogens with one attached hydrogen (secondary N) is 2. The fraction of sp³-hybridized carbons (Fsp3) is 0.400. The standard InChI is InChI=1S/C40H46ClN3O8S2/c1-44(26-8-10-27(11-9-26)52-39(48)40(49,35-6-3-20-53-35)36-7-4-21-54-36)18-5-19-51-34-23-33(50-2)25(22-30(34)41)16-17-42-24-32(46)28-12-14-31(45)38-29(28)13-15-37(47)43-38/h3-4,6-7,12-15,20-23,26-27,32,42,45-46,49H,5,8-11,16-19,24H2,1-2H3,(H,43,47)/t26?,27?,32-/m1/s1. The smallest absolute Gasteiger partial charge is 0.349 e. The van der Waals surface area contributed by atoms with Crippen LogP contribution in [0.25, 0.3) is 10.9 Å². The largest absolute Gasteiger partial charge is 0.506 e. The number of pyridine rings is 1. The highest BCUT2D eigenvalue weighted by Crippen LogP contribution is 2.38. The molecule has 14 heteroatoms. The first kappa shape index (κ1) is 39.7. The maximum Gasteiger partial charge on any atom is 0.349 e. The van der Waals surface area contributed by atoms with Gasteiger partial charge in [0.2, 0.25) is 11.2 Å². The fourth-order valence-corrected chi connectivity index (χ4v) is 8.96. The molecule has 0 amide bonds. The number of rotatable bonds is 17. The van der Waals surface area contributed by atoms with Gasteiger partial charge in [-0.2, -0.15) is 0 Å². The van der Waals surface area contributed by atoms with E-state index in [1.807, 2.05) is 29.0 Å². The van der Waals surface area contributed by atoms with Gasteiger partial charge >= 0.3 is 5.97 Å². The highest BCUT2D eigenvalue weighted by molar-refractivity contribution is 7.12. The lowest BCUT2D eigenvalue weighted by Gasteiger charge is -2.35. The van der Waals surface area contributed by atoms with Crippen molar-refractivity contribution in [3.05, 3.63) is 108 Å². The molecule has 1 fully saturated rings. The molecule has 288 valence electrons. The molecule has 1 saturated carbocycles. The molecule has 5 N–H and O–H groups in total. The van der Waals surface area contributed by atoms with Crippen LogP contribution < -0.4 is 20.3 Å². The number of carbonyl (C=O) groups excluding carboxylic acids is 1. The Labute approximate surface area is 327 Å². The fourth-order valence-electron chi connectivity index (χ4n) is 7.00. The molecule has 1 atom stereocenters. The second-order valence-corrected chi connectivity index (χ2v) is 15.8. The normalized spacial score (nSPS) is 16.8. The minimum atomic E-state index is -1.79. The minimum Gasteiger partial charge on any atom is -0.506 e. The molecule has 0 saturated heterocycles. The third-order valence-electron chi connectivity index (χ3n) is 10.0. The van der Waals surface area contributed by atoms with Crippen LogP contribution in [0.15, 0.2) is 76.2 Å². The third kappa shape index (κ3) is 9.11. The van der Waals surface area contributed by atoms with Crippen molar-refractivity contribution < 1.29 is 34.3 Å². The molecule has 5 aromatic rings. The molecule has 3 aromatic heterocycles. The van der Waals surface area contributed by atoms with Crippen molar-refractivity contribution in [3.63, 3.8) is 0 Å². The van der Waals surface area contributed by atoms with Crippen LogP contribution in [-0.4, -0.2) is 83.7 Å². The molecule has 11 nitrogen and oxygen atoms in total. The lowest BCUT2D eigenvalue weighted by Crippen LogP contribution is -2.42. The molecule has 6 rings (SSSR count). The predicted octanol–water partition coefficient (Wildman–Crippen LogP) is 6.38. The first-order valence-electron chi connectivity index (χ1n) is 18.0. The molecule has 0 aliphatic heterocycles. The summed E-state index contributed by atoms with van der Waals surface area (Å²) in [5.41, 5.74) is -0.330. The third-order valence-corrected chi connectivity index (χ3v) is 12.3. The number of aliphatic hydroxyl groups excluding tert-OH is 1. The number of ether oxygens (including phenoxy) is 3. The van der Waals surface area contributed by atoms with Crippen molar-refractivity contribution in [2.45, 2.75) is 62.4 Å². The molecular formula is C40H46ClN3O8S2. The van der Waals surface area contributed by atoms with E-state index < -0.39 is 17.7 Å². The highest BCUT2D eigenvalue weighted by Gasteiger charge is 2.45. The van der Waals surface area contributed by atoms with Crippen LogP contribution in [0.2, 0.25) is 5.02 Å². The lowest BCUT2D eigenvalue weighted by molar-refractivity contribution is -0.169. The van der Waals surface area contributed by atoms with Crippen LogP contribution in [0.4, 0.5) is 0 Å². The number of carbonyl (C=O) groups is 1. The Morgan fingerprint density at radius 2 is 1.78 bits per heavy atom. The van der Waals surface area contributed by atoms with Gasteiger partial charge in [-0.15, -0.1) is 22.7 Å². The number of hydrogen-bond donors (Lipinski definition) is 5. The van der Waals surface area contributed by atoms with Crippen LogP contribution in [0.1, 0.15) is 59.1 Å². The van der Waals surface area contributed by atoms with Gasteiger partial charge in [-0.05, 0) is 104 Å². The van der Waals surface area contributed by atoms with Crippen LogP contribution >= 0.6 is 34.3 Å². The number of aromatic amines is 1. The topological polar surface area (TPSA) is 154 Å². The van der Waals surface area contributed by atoms with Crippen LogP contribution in [0.3, 0.4) is 0 Å². The Morgan fingerprint density at radius 1 is 1.06 bits per heavy atom. The van der Waals surface area contributed by atoms with E-state index in [9.17, 15) is 24.9 Å². The molecule has 3 heterocycles. The summed E-state index contributed by atoms with van der Waals surface area (Å²) in [6, 6.07) is 17.3. The average molecular weight is 796 g/mol. The highest BCUT2D eigenvalue weighted by atomic mass is 35.5. The van der Waals surface area contributed by atoms with Gasteiger partial charge in [0, 0.05) is 36.7 Å². The van der Waals surface area contributed by atoms with Gasteiger partial charge in [0.15, 0.2) is 0 Å². The number of aliphatic hydroxyl groups is 2. The summed E-state index contributed by atoms with van der Waals surface area (Å²) in [5, 5.41) is 40.6. The Kier molecular flexibility index (Phi) is 13.3. The van der Waals surface area contributed by atoms with E-state index >= 15 is 0 Å². The number of aromatic nitrogens is 1. The quantitative estimate of drug-likeness (QED) is 0.0530. The van der Waals surface area contributed by atoms with Crippen molar-refractivity contribution in [1.29, 1.82) is 0 Å². The van der Waals surface area contributed by atoms with Gasteiger partial charge in [-0.3, -0.25) is 4.79 Å². The number of benzene rings is 2. The number of H-pyrrole nitrogens is 1. The van der Waals surface area contributed by atoms with Crippen molar-refractivity contribution in [2.24, 2.45) is 0 Å². The average Bonchev–Trinajstić information content (AvgIpc) is 3.92. The first-order valence-corrected chi connectivity index (χ1v) is 20.2. The Hall–Kier alpha value is -3.95. The summed E-state index contributed by atoms with van der Waals surface area (Å²) in [4.78, 5) is 31.2. The van der Waals surface area contributed by atoms with Gasteiger partial charge in [-0.25, -0.2) is 4.79 Å². The zero-order valence-corrected chi connectivity index (χ0v) is 32.6. The Morgan fingerprint density at radius 3 is 2.44 bits per heavy atom. The molecule has 2 aromatic carbocycles. The summed E-state index contributed by atoms with van der Waals surface area (Å²) < 4.78 is 17.6. The molecule has 0 unspecified atom stereocenters. The second kappa shape index (κ2) is 18.1. The van der Waals surface area contributed by atoms with Crippen LogP contribution in [0, 0.1) is 0 Å². The first-order chi connectivity index (χ1) is 26.1. The summed E-state index contributed by atoms with van der Waals surface area (Å²) in [6.45, 7) is 2.10. The SMILES string of the molecule is COc1cc(OCCCN(C)C2CCC(OC(=O)C(O)(c3cccs3)c3cccs3)CC2)c(Cl)cc1CCNC[C@@H](O)c1ccc(O)c2[nH]c(=O)ccc12. The van der Waals surface area contributed by atoms with Crippen molar-refractivity contribution in [1.82, 2.24) is 15.2 Å². The van der Waals surface area contributed by atoms with Gasteiger partial charge in [-0.1, -0.05) is 29.8 Å². The van der Waals surface area contributed by atoms with Gasteiger partial charge in [0.25, 0.3) is 0 Å². The lowest BCUT2D eigenvalue weighted by atomic mass is 9.91. The maximum absolute atomic E-state index is 13.4. The number of halogens is 1. The zero-order chi connectivity index (χ0) is 38.2. The van der Waals surface area contributed by atoms with E-state index in [4.69, 9.17) is 25.8 Å². The number of fused-ring (bicyclic) bond motifs is 1. The van der Waals surface area contributed by atoms with Crippen molar-refractivity contribution >= 4 is 51.1 Å². The summed E-state index contributed by atoms with van der Waals surface area (Å²) in [5.74, 6) is 0.540. The van der Waals surface area contributed by atoms with E-state index in [1.54, 1.807) is 37.4 Å². The monoisotopic (exact) mass is 795 g/mol. The number of aromatic hydroxyl groups is 1. The number of thiophene rings is 2. The van der Waals surface area contributed by atoms with E-state index in [1.165, 1.54) is 34.8 Å². The summed E-state index contributed by atoms with van der Waals surface area (Å²) >= 11 is 9.32. The summed E-state index contributed by atoms with van der Waals surface area (Å²) in [6.07, 6.45) is 3.53. The number of nitrogens with zero attached hydrogens (tertiary/aromatic N) is 1. The Balaban J connectivity index is 0.923. The van der Waals surface area contributed by atoms with Crippen molar-refractivity contribution in [2.75, 3.05) is 40.4 Å². The van der Waals surface area contributed by atoms with Crippen LogP contribution in [0.5, 0.6) is 17.2 Å². The van der Waals surface area contributed by atoms with Gasteiger partial charge in [0.1, 0.15) is 23.4 Å². The molecular weight excluding hydrogens is 750 g/mol. The van der Waals surface area contributed by atoms with E-state index in [2.05, 4.69) is 22.2 Å². The zero-order valence-electron chi connectivity index (χ0n) is 30.3. The number of phenolic OH excluding ortho intramolecular Hbond substituents is 1. The predicted molar refractivity (Wildman–Crippen MR) is 212 cm³/mol. The molecule has 54 heavy (non-hydrogen) atoms. The van der Waals surface area contributed by atoms with Crippen molar-refractivity contribution in [3.8, 4) is 17.2 Å². The van der Waals surface area contributed by atoms with E-state index in [-0.39, 0.29) is 24.0 Å². The number of esters is 1. The molecule has 0 spiro atoms. The molecule has 0 radical (unpaired) electrons. The maximum atomic E-state index is 13.4. The molecule has 1 aliphatic rings.